The maximum absolute atomic E-state index is 3.75. The van der Waals surface area contributed by atoms with E-state index in [0.29, 0.717) is 16.2 Å². The predicted octanol–water partition coefficient (Wildman–Crippen LogP) is 4.92. The molecule has 0 amide bonds. The number of hydrogen-bond donors (Lipinski definition) is 0. The highest BCUT2D eigenvalue weighted by Gasteiger charge is 2.45. The van der Waals surface area contributed by atoms with Crippen molar-refractivity contribution < 1.29 is 0 Å². The van der Waals surface area contributed by atoms with Gasteiger partial charge in [0.2, 0.25) is 0 Å². The zero-order valence-corrected chi connectivity index (χ0v) is 12.0. The van der Waals surface area contributed by atoms with Crippen LogP contribution in [-0.2, 0) is 6.42 Å². The number of alkyl halides is 1. The Morgan fingerprint density at radius 3 is 2.06 bits per heavy atom. The fraction of sp³-hybridized carbons (Fsp3) is 0.600. The Kier molecular flexibility index (Phi) is 3.44. The van der Waals surface area contributed by atoms with Crippen molar-refractivity contribution in [1.29, 1.82) is 0 Å². The monoisotopic (exact) mass is 280 g/mol. The number of halogens is 1. The molecule has 1 aromatic carbocycles. The molecule has 0 aliphatic heterocycles. The van der Waals surface area contributed by atoms with E-state index in [1.54, 1.807) is 0 Å². The smallest absolute Gasteiger partial charge is 0.0177 e. The lowest BCUT2D eigenvalue weighted by molar-refractivity contribution is 0.509. The van der Waals surface area contributed by atoms with Crippen molar-refractivity contribution in [1.82, 2.24) is 0 Å². The third-order valence-corrected chi connectivity index (χ3v) is 4.91. The van der Waals surface area contributed by atoms with Crippen LogP contribution in [0.5, 0.6) is 0 Å². The summed E-state index contributed by atoms with van der Waals surface area (Å²) in [4.78, 5) is 0.643. The fourth-order valence-corrected chi connectivity index (χ4v) is 2.92. The van der Waals surface area contributed by atoms with Crippen LogP contribution in [0.15, 0.2) is 24.3 Å². The van der Waals surface area contributed by atoms with Gasteiger partial charge in [-0.15, -0.1) is 0 Å². The summed E-state index contributed by atoms with van der Waals surface area (Å²) in [5.74, 6) is 0.638. The van der Waals surface area contributed by atoms with Crippen LogP contribution in [-0.4, -0.2) is 4.83 Å². The summed E-state index contributed by atoms with van der Waals surface area (Å²) in [5, 5.41) is 0. The summed E-state index contributed by atoms with van der Waals surface area (Å²) >= 11 is 3.75. The summed E-state index contributed by atoms with van der Waals surface area (Å²) in [6.07, 6.45) is 3.99. The van der Waals surface area contributed by atoms with Crippen LogP contribution in [0.1, 0.15) is 50.7 Å². The molecule has 88 valence electrons. The summed E-state index contributed by atoms with van der Waals surface area (Å²) in [6, 6.07) is 9.19. The number of rotatable bonds is 4. The Morgan fingerprint density at radius 2 is 1.69 bits per heavy atom. The van der Waals surface area contributed by atoms with Crippen LogP contribution in [0.25, 0.3) is 0 Å². The Balaban J connectivity index is 2.06. The molecule has 1 fully saturated rings. The van der Waals surface area contributed by atoms with Gasteiger partial charge in [0, 0.05) is 4.83 Å². The first-order chi connectivity index (χ1) is 7.53. The van der Waals surface area contributed by atoms with Gasteiger partial charge in [0.15, 0.2) is 0 Å². The van der Waals surface area contributed by atoms with E-state index in [1.165, 1.54) is 30.4 Å². The van der Waals surface area contributed by atoms with Crippen LogP contribution >= 0.6 is 15.9 Å². The molecule has 0 radical (unpaired) electrons. The zero-order valence-electron chi connectivity index (χ0n) is 10.5. The van der Waals surface area contributed by atoms with Crippen molar-refractivity contribution in [3.8, 4) is 0 Å². The number of hydrogen-bond acceptors (Lipinski definition) is 0. The molecule has 0 nitrogen and oxygen atoms in total. The van der Waals surface area contributed by atoms with E-state index in [4.69, 9.17) is 0 Å². The first-order valence-electron chi connectivity index (χ1n) is 6.26. The van der Waals surface area contributed by atoms with Gasteiger partial charge in [-0.3, -0.25) is 0 Å². The van der Waals surface area contributed by atoms with Crippen molar-refractivity contribution in [3.05, 3.63) is 35.4 Å². The van der Waals surface area contributed by atoms with Gasteiger partial charge in [-0.05, 0) is 41.7 Å². The molecular formula is C15H21Br. The minimum absolute atomic E-state index is 0.555. The van der Waals surface area contributed by atoms with Gasteiger partial charge in [0.1, 0.15) is 0 Å². The second kappa shape index (κ2) is 4.52. The van der Waals surface area contributed by atoms with E-state index in [9.17, 15) is 0 Å². The Bertz CT molecular complexity index is 344. The van der Waals surface area contributed by atoms with E-state index in [-0.39, 0.29) is 0 Å². The average molecular weight is 281 g/mol. The van der Waals surface area contributed by atoms with Crippen LogP contribution in [0, 0.1) is 5.41 Å². The molecule has 16 heavy (non-hydrogen) atoms. The number of benzene rings is 1. The van der Waals surface area contributed by atoms with E-state index in [2.05, 4.69) is 61.0 Å². The van der Waals surface area contributed by atoms with Crippen molar-refractivity contribution >= 4 is 15.9 Å². The molecule has 1 aliphatic rings. The molecule has 0 bridgehead atoms. The van der Waals surface area contributed by atoms with Gasteiger partial charge in [0.25, 0.3) is 0 Å². The van der Waals surface area contributed by atoms with Crippen molar-refractivity contribution in [3.63, 3.8) is 0 Å². The lowest BCUT2D eigenvalue weighted by atomic mass is 9.92. The minimum Gasteiger partial charge on any atom is -0.0888 e. The summed E-state index contributed by atoms with van der Waals surface area (Å²) < 4.78 is 0. The molecule has 0 N–H and O–H groups in total. The lowest BCUT2D eigenvalue weighted by Gasteiger charge is -2.18. The molecule has 1 unspecified atom stereocenters. The molecule has 0 aromatic heterocycles. The lowest BCUT2D eigenvalue weighted by Crippen LogP contribution is -2.15. The molecule has 1 heteroatoms. The maximum atomic E-state index is 3.75. The SMILES string of the molecule is CC(C)c1ccc(CC2(C(C)Br)CC2)cc1. The van der Waals surface area contributed by atoms with E-state index in [1.807, 2.05) is 0 Å². The standard InChI is InChI=1S/C15H21Br/c1-11(2)14-6-4-13(5-7-14)10-15(8-9-15)12(3)16/h4-7,11-12H,8-10H2,1-3H3. The third-order valence-electron chi connectivity index (χ3n) is 3.94. The molecule has 0 spiro atoms. The van der Waals surface area contributed by atoms with E-state index < -0.39 is 0 Å². The van der Waals surface area contributed by atoms with Crippen molar-refractivity contribution in [2.75, 3.05) is 0 Å². The van der Waals surface area contributed by atoms with Gasteiger partial charge >= 0.3 is 0 Å². The van der Waals surface area contributed by atoms with Crippen LogP contribution in [0.4, 0.5) is 0 Å². The quantitative estimate of drug-likeness (QED) is 0.687. The largest absolute Gasteiger partial charge is 0.0888 e. The fourth-order valence-electron chi connectivity index (χ4n) is 2.30. The van der Waals surface area contributed by atoms with Crippen molar-refractivity contribution in [2.24, 2.45) is 5.41 Å². The van der Waals surface area contributed by atoms with E-state index in [0.717, 1.165) is 0 Å². The van der Waals surface area contributed by atoms with Crippen LogP contribution in [0.3, 0.4) is 0 Å². The van der Waals surface area contributed by atoms with Crippen LogP contribution < -0.4 is 0 Å². The summed E-state index contributed by atoms with van der Waals surface area (Å²) in [6.45, 7) is 6.78. The Morgan fingerprint density at radius 1 is 1.12 bits per heavy atom. The molecule has 2 rings (SSSR count). The van der Waals surface area contributed by atoms with Gasteiger partial charge < -0.3 is 0 Å². The second-order valence-electron chi connectivity index (χ2n) is 5.55. The van der Waals surface area contributed by atoms with Crippen molar-refractivity contribution in [2.45, 2.75) is 50.8 Å². The highest BCUT2D eigenvalue weighted by atomic mass is 79.9. The normalized spacial score (nSPS) is 19.8. The van der Waals surface area contributed by atoms with Gasteiger partial charge in [0.05, 0.1) is 0 Å². The van der Waals surface area contributed by atoms with Gasteiger partial charge in [-0.1, -0.05) is 61.0 Å². The summed E-state index contributed by atoms with van der Waals surface area (Å²) in [5.41, 5.74) is 3.49. The molecule has 1 atom stereocenters. The highest BCUT2D eigenvalue weighted by Crippen LogP contribution is 2.53. The Labute approximate surface area is 108 Å². The van der Waals surface area contributed by atoms with E-state index >= 15 is 0 Å². The van der Waals surface area contributed by atoms with Crippen LogP contribution in [0.2, 0.25) is 0 Å². The topological polar surface area (TPSA) is 0 Å². The molecular weight excluding hydrogens is 260 g/mol. The molecule has 1 aromatic rings. The first kappa shape index (κ1) is 12.2. The Hall–Kier alpha value is -0.300. The van der Waals surface area contributed by atoms with Gasteiger partial charge in [-0.25, -0.2) is 0 Å². The van der Waals surface area contributed by atoms with Gasteiger partial charge in [-0.2, -0.15) is 0 Å². The molecule has 0 saturated heterocycles. The zero-order chi connectivity index (χ0) is 11.8. The molecule has 1 saturated carbocycles. The molecule has 0 heterocycles. The first-order valence-corrected chi connectivity index (χ1v) is 7.18. The maximum Gasteiger partial charge on any atom is 0.0177 e. The molecule has 1 aliphatic carbocycles. The average Bonchev–Trinajstić information content (AvgIpc) is 3.00. The predicted molar refractivity (Wildman–Crippen MR) is 74.3 cm³/mol. The summed E-state index contributed by atoms with van der Waals surface area (Å²) in [7, 11) is 0. The third kappa shape index (κ3) is 2.51. The second-order valence-corrected chi connectivity index (χ2v) is 6.92. The highest BCUT2D eigenvalue weighted by molar-refractivity contribution is 9.09. The minimum atomic E-state index is 0.555.